The van der Waals surface area contributed by atoms with Gasteiger partial charge in [-0.25, -0.2) is 14.7 Å². The Kier molecular flexibility index (Phi) is 3.44. The van der Waals surface area contributed by atoms with E-state index >= 15 is 0 Å². The summed E-state index contributed by atoms with van der Waals surface area (Å²) in [5.41, 5.74) is 4.74. The van der Waals surface area contributed by atoms with Gasteiger partial charge in [0.1, 0.15) is 0 Å². The number of aliphatic imine (C=N–C) groups is 1. The topological polar surface area (TPSA) is 55.0 Å². The van der Waals surface area contributed by atoms with Crippen LogP contribution >= 0.6 is 0 Å². The number of fused-ring (bicyclic) bond motifs is 1. The number of hydrogen-bond donors (Lipinski definition) is 0. The number of ether oxygens (including phenoxy) is 1. The third-order valence-electron chi connectivity index (χ3n) is 3.64. The van der Waals surface area contributed by atoms with E-state index in [0.29, 0.717) is 17.4 Å². The van der Waals surface area contributed by atoms with Gasteiger partial charge in [-0.15, -0.1) is 5.10 Å². The smallest absolute Gasteiger partial charge is 0.261 e. The van der Waals surface area contributed by atoms with E-state index in [-0.39, 0.29) is 0 Å². The van der Waals surface area contributed by atoms with Gasteiger partial charge in [-0.1, -0.05) is 0 Å². The lowest BCUT2D eigenvalue weighted by molar-refractivity contribution is 0.409. The molecule has 0 fully saturated rings. The average molecular weight is 297 g/mol. The first-order valence-electron chi connectivity index (χ1n) is 7.06. The van der Waals surface area contributed by atoms with Gasteiger partial charge in [0, 0.05) is 19.8 Å². The largest absolute Gasteiger partial charge is 0.478 e. The van der Waals surface area contributed by atoms with Gasteiger partial charge in [0.25, 0.3) is 5.90 Å². The number of benzene rings is 1. The van der Waals surface area contributed by atoms with Crippen molar-refractivity contribution in [3.63, 3.8) is 0 Å². The van der Waals surface area contributed by atoms with Crippen LogP contribution in [-0.4, -0.2) is 42.5 Å². The Morgan fingerprint density at radius 1 is 1.23 bits per heavy atom. The van der Waals surface area contributed by atoms with Crippen LogP contribution in [0.5, 0.6) is 0 Å². The van der Waals surface area contributed by atoms with Crippen LogP contribution in [0.1, 0.15) is 17.1 Å². The van der Waals surface area contributed by atoms with E-state index in [9.17, 15) is 0 Å². The minimum atomic E-state index is 0.488. The lowest BCUT2D eigenvalue weighted by Gasteiger charge is -2.13. The molecule has 0 saturated carbocycles. The van der Waals surface area contributed by atoms with Gasteiger partial charge in [-0.3, -0.25) is 0 Å². The zero-order valence-electron chi connectivity index (χ0n) is 13.5. The average Bonchev–Trinajstić information content (AvgIpc) is 3.01. The molecule has 0 atom stereocenters. The van der Waals surface area contributed by atoms with Gasteiger partial charge in [-0.05, 0) is 37.6 Å². The van der Waals surface area contributed by atoms with Gasteiger partial charge in [0.05, 0.1) is 24.7 Å². The molecule has 6 heteroatoms. The van der Waals surface area contributed by atoms with Gasteiger partial charge < -0.3 is 9.64 Å². The third kappa shape index (κ3) is 2.26. The van der Waals surface area contributed by atoms with Gasteiger partial charge in [0.15, 0.2) is 11.5 Å². The summed E-state index contributed by atoms with van der Waals surface area (Å²) < 4.78 is 7.09. The first-order valence-corrected chi connectivity index (χ1v) is 7.06. The van der Waals surface area contributed by atoms with Gasteiger partial charge in [-0.2, -0.15) is 0 Å². The number of methoxy groups -OCH3 is 1. The van der Waals surface area contributed by atoms with Crippen molar-refractivity contribution in [1.29, 1.82) is 0 Å². The number of aromatic nitrogens is 2. The van der Waals surface area contributed by atoms with Crippen molar-refractivity contribution in [3.8, 4) is 0 Å². The number of rotatable bonds is 2. The molecule has 114 valence electrons. The van der Waals surface area contributed by atoms with Crippen LogP contribution in [0.4, 0.5) is 11.4 Å². The van der Waals surface area contributed by atoms with Crippen molar-refractivity contribution < 1.29 is 4.74 Å². The molecule has 3 rings (SSSR count). The first kappa shape index (κ1) is 14.3. The number of imidazole rings is 1. The van der Waals surface area contributed by atoms with Crippen molar-refractivity contribution >= 4 is 23.0 Å². The molecule has 1 aliphatic heterocycles. The fourth-order valence-corrected chi connectivity index (χ4v) is 2.35. The molecular formula is C16H19N5O. The standard InChI is InChI=1S/C16H19N5O/c1-10-8-12(20(3)4)6-7-13(10)18-14-15-17-9-11(2)21(15)19-16(14)22-5/h6-9H,1-5H3. The van der Waals surface area contributed by atoms with Gasteiger partial charge >= 0.3 is 0 Å². The maximum absolute atomic E-state index is 5.34. The van der Waals surface area contributed by atoms with E-state index in [4.69, 9.17) is 9.73 Å². The molecule has 2 aromatic rings. The van der Waals surface area contributed by atoms with Crippen LogP contribution < -0.4 is 4.90 Å². The van der Waals surface area contributed by atoms with Crippen molar-refractivity contribution in [2.24, 2.45) is 10.1 Å². The second-order valence-electron chi connectivity index (χ2n) is 5.47. The second-order valence-corrected chi connectivity index (χ2v) is 5.47. The maximum Gasteiger partial charge on any atom is 0.261 e. The van der Waals surface area contributed by atoms with Crippen LogP contribution in [0, 0.1) is 13.8 Å². The minimum Gasteiger partial charge on any atom is -0.478 e. The molecule has 2 heterocycles. The molecule has 0 bridgehead atoms. The highest BCUT2D eigenvalue weighted by atomic mass is 16.5. The molecule has 6 nitrogen and oxygen atoms in total. The van der Waals surface area contributed by atoms with E-state index in [0.717, 1.165) is 22.6 Å². The normalized spacial score (nSPS) is 15.0. The van der Waals surface area contributed by atoms with E-state index in [2.05, 4.69) is 21.1 Å². The number of nitrogens with zero attached hydrogens (tertiary/aromatic N) is 5. The molecular weight excluding hydrogens is 278 g/mol. The summed E-state index contributed by atoms with van der Waals surface area (Å²) in [6.45, 7) is 4.00. The highest BCUT2D eigenvalue weighted by Gasteiger charge is 2.27. The highest BCUT2D eigenvalue weighted by Crippen LogP contribution is 2.26. The summed E-state index contributed by atoms with van der Waals surface area (Å²) in [6.07, 6.45) is 1.78. The van der Waals surface area contributed by atoms with Crippen molar-refractivity contribution in [1.82, 2.24) is 9.66 Å². The molecule has 0 aliphatic carbocycles. The fourth-order valence-electron chi connectivity index (χ4n) is 2.35. The molecule has 22 heavy (non-hydrogen) atoms. The molecule has 0 unspecified atom stereocenters. The predicted octanol–water partition coefficient (Wildman–Crippen LogP) is 2.51. The van der Waals surface area contributed by atoms with E-state index in [1.54, 1.807) is 18.0 Å². The lowest BCUT2D eigenvalue weighted by atomic mass is 10.1. The fraction of sp³-hybridized carbons (Fsp3) is 0.312. The van der Waals surface area contributed by atoms with E-state index < -0.39 is 0 Å². The SMILES string of the molecule is COC1=Nn2c(C)cnc2C1=Nc1ccc(N(C)C)cc1C. The minimum absolute atomic E-state index is 0.488. The lowest BCUT2D eigenvalue weighted by Crippen LogP contribution is -2.14. The second kappa shape index (κ2) is 5.29. The third-order valence-corrected chi connectivity index (χ3v) is 3.64. The molecule has 1 aromatic carbocycles. The van der Waals surface area contributed by atoms with Crippen LogP contribution in [-0.2, 0) is 4.74 Å². The monoisotopic (exact) mass is 297 g/mol. The maximum atomic E-state index is 5.34. The summed E-state index contributed by atoms with van der Waals surface area (Å²) in [7, 11) is 5.64. The first-order chi connectivity index (χ1) is 10.5. The zero-order chi connectivity index (χ0) is 15.9. The van der Waals surface area contributed by atoms with Crippen molar-refractivity contribution in [3.05, 3.63) is 41.5 Å². The molecule has 1 aromatic heterocycles. The summed E-state index contributed by atoms with van der Waals surface area (Å²) in [5, 5.41) is 4.39. The van der Waals surface area contributed by atoms with Crippen LogP contribution in [0.15, 0.2) is 34.5 Å². The molecule has 0 saturated heterocycles. The Morgan fingerprint density at radius 3 is 2.64 bits per heavy atom. The zero-order valence-corrected chi connectivity index (χ0v) is 13.5. The highest BCUT2D eigenvalue weighted by molar-refractivity contribution is 6.46. The summed E-state index contributed by atoms with van der Waals surface area (Å²) in [5.74, 6) is 1.20. The molecule has 0 N–H and O–H groups in total. The molecule has 0 spiro atoms. The summed E-state index contributed by atoms with van der Waals surface area (Å²) in [4.78, 5) is 11.2. The summed E-state index contributed by atoms with van der Waals surface area (Å²) >= 11 is 0. The Hall–Kier alpha value is -2.63. The Morgan fingerprint density at radius 2 is 2.00 bits per heavy atom. The summed E-state index contributed by atoms with van der Waals surface area (Å²) in [6, 6.07) is 6.15. The molecule has 1 aliphatic rings. The molecule has 0 radical (unpaired) electrons. The Labute approximate surface area is 129 Å². The van der Waals surface area contributed by atoms with E-state index in [1.807, 2.05) is 40.1 Å². The van der Waals surface area contributed by atoms with Crippen molar-refractivity contribution in [2.75, 3.05) is 26.1 Å². The Balaban J connectivity index is 2.07. The quantitative estimate of drug-likeness (QED) is 0.856. The number of aryl methyl sites for hydroxylation is 2. The van der Waals surface area contributed by atoms with E-state index in [1.165, 1.54) is 0 Å². The van der Waals surface area contributed by atoms with Crippen LogP contribution in [0.3, 0.4) is 0 Å². The van der Waals surface area contributed by atoms with Crippen LogP contribution in [0.2, 0.25) is 0 Å². The van der Waals surface area contributed by atoms with Crippen LogP contribution in [0.25, 0.3) is 0 Å². The van der Waals surface area contributed by atoms with Crippen molar-refractivity contribution in [2.45, 2.75) is 13.8 Å². The molecule has 0 amide bonds. The van der Waals surface area contributed by atoms with Gasteiger partial charge in [0.2, 0.25) is 0 Å². The Bertz CT molecular complexity index is 786. The predicted molar refractivity (Wildman–Crippen MR) is 88.5 cm³/mol. The number of anilines is 1. The number of hydrogen-bond acceptors (Lipinski definition) is 5.